The molecule has 1 amide bonds. The summed E-state index contributed by atoms with van der Waals surface area (Å²) < 4.78 is 27.9. The monoisotopic (exact) mass is 461 g/mol. The average molecular weight is 462 g/mol. The zero-order chi connectivity index (χ0) is 23.2. The number of carbonyl (C=O) groups is 1. The predicted octanol–water partition coefficient (Wildman–Crippen LogP) is 3.98. The maximum Gasteiger partial charge on any atom is 0.268 e. The van der Waals surface area contributed by atoms with Crippen molar-refractivity contribution in [2.24, 2.45) is 5.73 Å². The van der Waals surface area contributed by atoms with E-state index in [1.54, 1.807) is 19.9 Å². The number of rotatable bonds is 3. The Morgan fingerprint density at radius 1 is 1.28 bits per heavy atom. The average Bonchev–Trinajstić information content (AvgIpc) is 2.91. The fraction of sp³-hybridized carbons (Fsp3) is 0.364. The van der Waals surface area contributed by atoms with Gasteiger partial charge in [-0.25, -0.2) is 13.8 Å². The summed E-state index contributed by atoms with van der Waals surface area (Å²) in [6, 6.07) is 2.90. The van der Waals surface area contributed by atoms with Gasteiger partial charge >= 0.3 is 0 Å². The summed E-state index contributed by atoms with van der Waals surface area (Å²) in [6.45, 7) is 4.08. The Balaban J connectivity index is 1.94. The van der Waals surface area contributed by atoms with Crippen molar-refractivity contribution in [3.05, 3.63) is 50.5 Å². The van der Waals surface area contributed by atoms with Crippen LogP contribution in [0.5, 0.6) is 0 Å². The van der Waals surface area contributed by atoms with Gasteiger partial charge in [0.25, 0.3) is 5.91 Å². The van der Waals surface area contributed by atoms with Gasteiger partial charge in [0.05, 0.1) is 27.3 Å². The van der Waals surface area contributed by atoms with Crippen molar-refractivity contribution in [2.75, 3.05) is 18.0 Å². The molecule has 32 heavy (non-hydrogen) atoms. The van der Waals surface area contributed by atoms with Crippen LogP contribution < -0.4 is 16.1 Å². The minimum atomic E-state index is -2.72. The van der Waals surface area contributed by atoms with Gasteiger partial charge in [-0.15, -0.1) is 0 Å². The molecule has 1 saturated heterocycles. The van der Waals surface area contributed by atoms with Gasteiger partial charge in [0.15, 0.2) is 5.43 Å². The number of amides is 1. The largest absolute Gasteiger partial charge is 0.364 e. The molecule has 4 rings (SSSR count). The number of aromatic nitrogens is 3. The number of nitrogens with zero attached hydrogens (tertiary/aromatic N) is 3. The lowest BCUT2D eigenvalue weighted by molar-refractivity contribution is -0.0102. The van der Waals surface area contributed by atoms with Gasteiger partial charge in [0, 0.05) is 43.8 Å². The molecular formula is C22H22ClF2N5O2. The molecule has 168 valence electrons. The highest BCUT2D eigenvalue weighted by Gasteiger charge is 2.33. The number of carbonyl (C=O) groups excluding carboxylic acids is 1. The van der Waals surface area contributed by atoms with E-state index in [-0.39, 0.29) is 30.5 Å². The minimum Gasteiger partial charge on any atom is -0.364 e. The minimum absolute atomic E-state index is 0.0866. The second-order valence-electron chi connectivity index (χ2n) is 8.02. The fourth-order valence-electron chi connectivity index (χ4n) is 4.16. The quantitative estimate of drug-likeness (QED) is 0.613. The topological polar surface area (TPSA) is 105 Å². The number of alkyl halides is 2. The molecule has 0 atom stereocenters. The first kappa shape index (κ1) is 22.1. The van der Waals surface area contributed by atoms with Crippen LogP contribution in [0.1, 0.15) is 41.0 Å². The van der Waals surface area contributed by atoms with Crippen LogP contribution >= 0.6 is 11.6 Å². The summed E-state index contributed by atoms with van der Waals surface area (Å²) in [4.78, 5) is 38.2. The third kappa shape index (κ3) is 3.92. The summed E-state index contributed by atoms with van der Waals surface area (Å²) in [5.41, 5.74) is 7.39. The van der Waals surface area contributed by atoms with E-state index >= 15 is 0 Å². The van der Waals surface area contributed by atoms with Crippen LogP contribution in [0.4, 0.5) is 14.6 Å². The number of H-pyrrole nitrogens is 1. The number of pyridine rings is 3. The maximum atomic E-state index is 14.0. The van der Waals surface area contributed by atoms with Crippen molar-refractivity contribution in [2.45, 2.75) is 39.0 Å². The van der Waals surface area contributed by atoms with Gasteiger partial charge in [0.2, 0.25) is 5.92 Å². The zero-order valence-corrected chi connectivity index (χ0v) is 18.4. The van der Waals surface area contributed by atoms with E-state index in [0.717, 1.165) is 0 Å². The molecule has 1 aliphatic heterocycles. The molecule has 1 fully saturated rings. The molecule has 7 nitrogen and oxygen atoms in total. The molecule has 0 radical (unpaired) electrons. The number of nitrogens with two attached hydrogens (primary N) is 1. The van der Waals surface area contributed by atoms with Crippen molar-refractivity contribution >= 4 is 34.2 Å². The molecule has 0 spiro atoms. The third-order valence-corrected chi connectivity index (χ3v) is 6.34. The normalized spacial score (nSPS) is 16.2. The van der Waals surface area contributed by atoms with Gasteiger partial charge in [-0.3, -0.25) is 14.6 Å². The van der Waals surface area contributed by atoms with E-state index in [1.165, 1.54) is 12.3 Å². The highest BCUT2D eigenvalue weighted by atomic mass is 35.5. The van der Waals surface area contributed by atoms with Crippen molar-refractivity contribution < 1.29 is 13.6 Å². The molecule has 0 bridgehead atoms. The van der Waals surface area contributed by atoms with Gasteiger partial charge in [-0.05, 0) is 31.9 Å². The van der Waals surface area contributed by atoms with E-state index in [0.29, 0.717) is 51.8 Å². The SMILES string of the molecule is Cc1nc(N2CCCC(F)(F)CC2)c(-c2cc(=O)c3c(C(N)=O)nccc3[nH]2)c(C)c1Cl. The van der Waals surface area contributed by atoms with E-state index in [4.69, 9.17) is 17.3 Å². The van der Waals surface area contributed by atoms with Gasteiger partial charge in [-0.2, -0.15) is 0 Å². The van der Waals surface area contributed by atoms with Crippen LogP contribution in [-0.4, -0.2) is 39.9 Å². The molecule has 1 aliphatic rings. The van der Waals surface area contributed by atoms with Crippen LogP contribution in [0, 0.1) is 13.8 Å². The number of nitrogens with one attached hydrogen (secondary N) is 1. The van der Waals surface area contributed by atoms with E-state index in [1.807, 2.05) is 4.90 Å². The Bertz CT molecular complexity index is 1290. The van der Waals surface area contributed by atoms with E-state index in [2.05, 4.69) is 15.0 Å². The van der Waals surface area contributed by atoms with Crippen LogP contribution in [0.2, 0.25) is 5.02 Å². The molecular weight excluding hydrogens is 440 g/mol. The summed E-state index contributed by atoms with van der Waals surface area (Å²) in [5.74, 6) is -3.04. The number of hydrogen-bond acceptors (Lipinski definition) is 5. The highest BCUT2D eigenvalue weighted by Crippen LogP contribution is 2.38. The van der Waals surface area contributed by atoms with Crippen LogP contribution in [0.25, 0.3) is 22.2 Å². The molecule has 10 heteroatoms. The number of aromatic amines is 1. The Hall–Kier alpha value is -3.07. The number of primary amides is 1. The lowest BCUT2D eigenvalue weighted by Crippen LogP contribution is -2.28. The summed E-state index contributed by atoms with van der Waals surface area (Å²) in [6.07, 6.45) is 1.24. The predicted molar refractivity (Wildman–Crippen MR) is 120 cm³/mol. The second kappa shape index (κ2) is 8.12. The first-order chi connectivity index (χ1) is 15.1. The summed E-state index contributed by atoms with van der Waals surface area (Å²) in [7, 11) is 0. The van der Waals surface area contributed by atoms with Gasteiger partial charge in [-0.1, -0.05) is 11.6 Å². The zero-order valence-electron chi connectivity index (χ0n) is 17.6. The smallest absolute Gasteiger partial charge is 0.268 e. The van der Waals surface area contributed by atoms with Gasteiger partial charge < -0.3 is 15.6 Å². The summed E-state index contributed by atoms with van der Waals surface area (Å²) in [5, 5.41) is 0.515. The van der Waals surface area contributed by atoms with Crippen molar-refractivity contribution in [1.82, 2.24) is 15.0 Å². The number of anilines is 1. The molecule has 3 N–H and O–H groups in total. The second-order valence-corrected chi connectivity index (χ2v) is 8.40. The van der Waals surface area contributed by atoms with Crippen LogP contribution in [0.15, 0.2) is 23.1 Å². The standard InChI is InChI=1S/C22H22ClF2N5O2/c1-11-16(14-10-15(31)17-13(29-14)4-7-27-19(17)20(26)32)21(28-12(2)18(11)23)30-8-3-5-22(24,25)6-9-30/h4,7,10H,3,5-6,8-9H2,1-2H3,(H2,26,32)(H,29,31). The maximum absolute atomic E-state index is 14.0. The molecule has 0 saturated carbocycles. The molecule has 3 aromatic rings. The number of halogens is 3. The van der Waals surface area contributed by atoms with Gasteiger partial charge in [0.1, 0.15) is 11.5 Å². The van der Waals surface area contributed by atoms with Crippen LogP contribution in [0.3, 0.4) is 0 Å². The molecule has 4 heterocycles. The van der Waals surface area contributed by atoms with E-state index < -0.39 is 17.3 Å². The van der Waals surface area contributed by atoms with Crippen molar-refractivity contribution in [3.63, 3.8) is 0 Å². The number of fused-ring (bicyclic) bond motifs is 1. The number of hydrogen-bond donors (Lipinski definition) is 2. The Morgan fingerprint density at radius 2 is 2.03 bits per heavy atom. The molecule has 0 unspecified atom stereocenters. The lowest BCUT2D eigenvalue weighted by Gasteiger charge is -2.26. The summed E-state index contributed by atoms with van der Waals surface area (Å²) >= 11 is 6.48. The Kier molecular flexibility index (Phi) is 5.62. The van der Waals surface area contributed by atoms with Crippen molar-refractivity contribution in [1.29, 1.82) is 0 Å². The van der Waals surface area contributed by atoms with E-state index in [9.17, 15) is 18.4 Å². The Labute approximate surface area is 187 Å². The molecule has 3 aromatic heterocycles. The first-order valence-corrected chi connectivity index (χ1v) is 10.6. The molecule has 0 aliphatic carbocycles. The first-order valence-electron chi connectivity index (χ1n) is 10.2. The lowest BCUT2D eigenvalue weighted by atomic mass is 10.0. The van der Waals surface area contributed by atoms with Crippen molar-refractivity contribution in [3.8, 4) is 11.3 Å². The fourth-order valence-corrected chi connectivity index (χ4v) is 4.30. The third-order valence-electron chi connectivity index (χ3n) is 5.78. The highest BCUT2D eigenvalue weighted by molar-refractivity contribution is 6.32. The number of aryl methyl sites for hydroxylation is 1. The van der Waals surface area contributed by atoms with Crippen LogP contribution in [-0.2, 0) is 0 Å². The Morgan fingerprint density at radius 3 is 2.75 bits per heavy atom. The molecule has 0 aromatic carbocycles.